The number of carboxylic acid groups (broad SMARTS) is 1. The highest BCUT2D eigenvalue weighted by atomic mass is 16.7. The summed E-state index contributed by atoms with van der Waals surface area (Å²) in [5.74, 6) is 1.12. The van der Waals surface area contributed by atoms with Crippen molar-refractivity contribution in [3.8, 4) is 22.8 Å². The lowest BCUT2D eigenvalue weighted by Crippen LogP contribution is -2.08. The molecule has 1 saturated carbocycles. The van der Waals surface area contributed by atoms with Gasteiger partial charge in [-0.05, 0) is 51.0 Å². The zero-order valence-electron chi connectivity index (χ0n) is 22.4. The number of para-hydroxylation sites is 1. The normalized spacial score (nSPS) is 13.9. The van der Waals surface area contributed by atoms with Gasteiger partial charge in [0.05, 0.1) is 23.9 Å². The summed E-state index contributed by atoms with van der Waals surface area (Å²) in [6, 6.07) is 20.8. The van der Waals surface area contributed by atoms with Crippen molar-refractivity contribution in [2.75, 3.05) is 6.61 Å². The predicted octanol–water partition coefficient (Wildman–Crippen LogP) is 7.98. The van der Waals surface area contributed by atoms with Gasteiger partial charge in [-0.25, -0.2) is 4.79 Å². The highest BCUT2D eigenvalue weighted by molar-refractivity contribution is 5.99. The number of rotatable bonds is 8. The van der Waals surface area contributed by atoms with Gasteiger partial charge in [-0.15, -0.1) is 0 Å². The molecule has 1 aliphatic rings. The third-order valence-corrected chi connectivity index (χ3v) is 7.93. The summed E-state index contributed by atoms with van der Waals surface area (Å²) < 4.78 is 13.6. The molecule has 2 heterocycles. The van der Waals surface area contributed by atoms with Gasteiger partial charge in [0.1, 0.15) is 5.75 Å². The predicted molar refractivity (Wildman–Crippen MR) is 153 cm³/mol. The standard InChI is InChI=1S/C32H33N3O4/c1-20-29(21(2)35(34-20)23-12-4-5-13-23)27-16-8-15-25-26(31(33-30(25)27)39-32(36)37)17-9-19-38-28-18-7-11-22-10-3-6-14-24(22)28/h3,6-8,10-11,14-16,18,23,33H,4-5,9,12-13,17,19H2,1-2H3,(H,36,37). The first-order chi connectivity index (χ1) is 19.0. The summed E-state index contributed by atoms with van der Waals surface area (Å²) in [5, 5.41) is 17.6. The van der Waals surface area contributed by atoms with Crippen LogP contribution in [0, 0.1) is 13.8 Å². The minimum Gasteiger partial charge on any atom is -0.493 e. The Morgan fingerprint density at radius 3 is 2.59 bits per heavy atom. The summed E-state index contributed by atoms with van der Waals surface area (Å²) in [6.07, 6.45) is 4.79. The molecule has 0 amide bonds. The van der Waals surface area contributed by atoms with E-state index >= 15 is 0 Å². The van der Waals surface area contributed by atoms with E-state index in [1.165, 1.54) is 12.8 Å². The summed E-state index contributed by atoms with van der Waals surface area (Å²) in [4.78, 5) is 14.9. The summed E-state index contributed by atoms with van der Waals surface area (Å²) >= 11 is 0. The van der Waals surface area contributed by atoms with Crippen molar-refractivity contribution in [1.82, 2.24) is 14.8 Å². The van der Waals surface area contributed by atoms with Crippen LogP contribution in [-0.2, 0) is 6.42 Å². The van der Waals surface area contributed by atoms with Crippen molar-refractivity contribution in [3.63, 3.8) is 0 Å². The number of benzene rings is 3. The van der Waals surface area contributed by atoms with Crippen LogP contribution in [0.15, 0.2) is 60.7 Å². The third-order valence-electron chi connectivity index (χ3n) is 7.93. The van der Waals surface area contributed by atoms with Crippen molar-refractivity contribution in [3.05, 3.63) is 77.6 Å². The van der Waals surface area contributed by atoms with E-state index in [2.05, 4.69) is 47.8 Å². The fourth-order valence-corrected chi connectivity index (χ4v) is 6.19. The average Bonchev–Trinajstić information content (AvgIpc) is 3.65. The summed E-state index contributed by atoms with van der Waals surface area (Å²) in [5.41, 5.74) is 5.95. The Kier molecular flexibility index (Phi) is 6.73. The van der Waals surface area contributed by atoms with Crippen molar-refractivity contribution < 1.29 is 19.4 Å². The van der Waals surface area contributed by atoms with Crippen LogP contribution in [0.4, 0.5) is 4.79 Å². The first-order valence-corrected chi connectivity index (χ1v) is 13.7. The maximum atomic E-state index is 11.6. The molecule has 6 rings (SSSR count). The number of aromatic nitrogens is 3. The zero-order chi connectivity index (χ0) is 26.9. The maximum Gasteiger partial charge on any atom is 0.512 e. The van der Waals surface area contributed by atoms with E-state index in [0.29, 0.717) is 25.5 Å². The number of nitrogens with zero attached hydrogens (tertiary/aromatic N) is 2. The number of aromatic amines is 1. The van der Waals surface area contributed by atoms with Gasteiger partial charge in [-0.1, -0.05) is 67.4 Å². The zero-order valence-corrected chi connectivity index (χ0v) is 22.4. The summed E-state index contributed by atoms with van der Waals surface area (Å²) in [7, 11) is 0. The third kappa shape index (κ3) is 4.73. The van der Waals surface area contributed by atoms with E-state index in [-0.39, 0.29) is 5.88 Å². The highest BCUT2D eigenvalue weighted by Crippen LogP contribution is 2.40. The molecule has 7 heteroatoms. The number of aryl methyl sites for hydroxylation is 2. The van der Waals surface area contributed by atoms with Crippen LogP contribution < -0.4 is 9.47 Å². The van der Waals surface area contributed by atoms with Crippen LogP contribution >= 0.6 is 0 Å². The molecule has 39 heavy (non-hydrogen) atoms. The van der Waals surface area contributed by atoms with E-state index in [4.69, 9.17) is 14.6 Å². The second kappa shape index (κ2) is 10.5. The van der Waals surface area contributed by atoms with Gasteiger partial charge < -0.3 is 19.6 Å². The summed E-state index contributed by atoms with van der Waals surface area (Å²) in [6.45, 7) is 4.69. The van der Waals surface area contributed by atoms with E-state index in [1.54, 1.807) is 0 Å². The van der Waals surface area contributed by atoms with Gasteiger partial charge in [0.15, 0.2) is 0 Å². The van der Waals surface area contributed by atoms with Gasteiger partial charge in [0.25, 0.3) is 0 Å². The Balaban J connectivity index is 1.30. The molecule has 1 fully saturated rings. The van der Waals surface area contributed by atoms with E-state index in [1.807, 2.05) is 36.4 Å². The molecule has 0 radical (unpaired) electrons. The molecule has 0 saturated heterocycles. The Hall–Kier alpha value is -4.26. The van der Waals surface area contributed by atoms with Crippen molar-refractivity contribution in [1.29, 1.82) is 0 Å². The number of nitrogens with one attached hydrogen (secondary N) is 1. The number of carbonyl (C=O) groups is 1. The highest BCUT2D eigenvalue weighted by Gasteiger charge is 2.25. The molecule has 0 atom stereocenters. The number of ether oxygens (including phenoxy) is 2. The van der Waals surface area contributed by atoms with Gasteiger partial charge in [-0.3, -0.25) is 4.68 Å². The minimum atomic E-state index is -1.34. The van der Waals surface area contributed by atoms with Crippen LogP contribution in [0.1, 0.15) is 55.1 Å². The van der Waals surface area contributed by atoms with Crippen molar-refractivity contribution in [2.45, 2.75) is 58.4 Å². The Labute approximate surface area is 227 Å². The van der Waals surface area contributed by atoms with Gasteiger partial charge >= 0.3 is 6.16 Å². The number of H-pyrrole nitrogens is 1. The smallest absolute Gasteiger partial charge is 0.493 e. The van der Waals surface area contributed by atoms with Crippen LogP contribution in [-0.4, -0.2) is 32.6 Å². The van der Waals surface area contributed by atoms with E-state index in [9.17, 15) is 9.90 Å². The van der Waals surface area contributed by atoms with Crippen LogP contribution in [0.25, 0.3) is 32.8 Å². The second-order valence-electron chi connectivity index (χ2n) is 10.4. The van der Waals surface area contributed by atoms with E-state index in [0.717, 1.165) is 68.3 Å². The Bertz CT molecular complexity index is 1650. The fourth-order valence-electron chi connectivity index (χ4n) is 6.19. The first kappa shape index (κ1) is 25.0. The Morgan fingerprint density at radius 1 is 1.03 bits per heavy atom. The van der Waals surface area contributed by atoms with Crippen LogP contribution in [0.2, 0.25) is 0 Å². The molecule has 2 N–H and O–H groups in total. The number of hydrogen-bond acceptors (Lipinski definition) is 4. The molecule has 7 nitrogen and oxygen atoms in total. The molecule has 0 unspecified atom stereocenters. The van der Waals surface area contributed by atoms with Crippen LogP contribution in [0.5, 0.6) is 11.6 Å². The first-order valence-electron chi connectivity index (χ1n) is 13.7. The fraction of sp³-hybridized carbons (Fsp3) is 0.312. The molecular weight excluding hydrogens is 490 g/mol. The molecule has 0 spiro atoms. The monoisotopic (exact) mass is 523 g/mol. The lowest BCUT2D eigenvalue weighted by atomic mass is 9.99. The lowest BCUT2D eigenvalue weighted by Gasteiger charge is -2.13. The molecule has 200 valence electrons. The van der Waals surface area contributed by atoms with Crippen molar-refractivity contribution >= 4 is 27.8 Å². The maximum absolute atomic E-state index is 11.6. The number of hydrogen-bond donors (Lipinski definition) is 2. The molecule has 1 aliphatic carbocycles. The average molecular weight is 524 g/mol. The molecule has 0 aliphatic heterocycles. The van der Waals surface area contributed by atoms with E-state index < -0.39 is 6.16 Å². The largest absolute Gasteiger partial charge is 0.512 e. The second-order valence-corrected chi connectivity index (χ2v) is 10.4. The molecule has 5 aromatic rings. The molecular formula is C32H33N3O4. The van der Waals surface area contributed by atoms with Gasteiger partial charge in [0, 0.05) is 33.2 Å². The van der Waals surface area contributed by atoms with Gasteiger partial charge in [-0.2, -0.15) is 5.10 Å². The molecule has 2 aromatic heterocycles. The molecule has 3 aromatic carbocycles. The minimum absolute atomic E-state index is 0.272. The topological polar surface area (TPSA) is 89.4 Å². The quantitative estimate of drug-likeness (QED) is 0.159. The molecule has 0 bridgehead atoms. The van der Waals surface area contributed by atoms with Crippen LogP contribution in [0.3, 0.4) is 0 Å². The lowest BCUT2D eigenvalue weighted by molar-refractivity contribution is 0.142. The van der Waals surface area contributed by atoms with Crippen molar-refractivity contribution in [2.24, 2.45) is 0 Å². The SMILES string of the molecule is Cc1nn(C2CCCC2)c(C)c1-c1cccc2c(CCCOc3cccc4ccccc34)c(OC(=O)O)[nH]c12. The number of fused-ring (bicyclic) bond motifs is 2. The Morgan fingerprint density at radius 2 is 1.77 bits per heavy atom. The van der Waals surface area contributed by atoms with Gasteiger partial charge in [0.2, 0.25) is 5.88 Å².